The van der Waals surface area contributed by atoms with Crippen molar-refractivity contribution in [3.63, 3.8) is 0 Å². The van der Waals surface area contributed by atoms with Gasteiger partial charge < -0.3 is 4.42 Å². The smallest absolute Gasteiger partial charge is 0.257 e. The second-order valence-electron chi connectivity index (χ2n) is 4.50. The number of fused-ring (bicyclic) bond motifs is 1. The van der Waals surface area contributed by atoms with Gasteiger partial charge in [0.1, 0.15) is 11.4 Å². The lowest BCUT2D eigenvalue weighted by atomic mass is 10.5. The van der Waals surface area contributed by atoms with Crippen LogP contribution in [0.3, 0.4) is 0 Å². The van der Waals surface area contributed by atoms with Crippen molar-refractivity contribution < 1.29 is 4.42 Å². The Bertz CT molecular complexity index is 900. The topological polar surface area (TPSA) is 64.7 Å². The van der Waals surface area contributed by atoms with Gasteiger partial charge in [0.25, 0.3) is 5.89 Å². The van der Waals surface area contributed by atoms with Crippen LogP contribution in [-0.4, -0.2) is 20.2 Å². The fourth-order valence-electron chi connectivity index (χ4n) is 1.97. The van der Waals surface area contributed by atoms with Crippen LogP contribution >= 0.6 is 34.4 Å². The van der Waals surface area contributed by atoms with Crippen LogP contribution < -0.4 is 0 Å². The minimum Gasteiger partial charge on any atom is -0.419 e. The lowest BCUT2D eigenvalue weighted by molar-refractivity contribution is 0.510. The second-order valence-corrected chi connectivity index (χ2v) is 7.69. The number of hydrogen-bond acceptors (Lipinski definition) is 8. The molecule has 1 atom stereocenters. The van der Waals surface area contributed by atoms with Gasteiger partial charge in [-0.2, -0.15) is 0 Å². The molecule has 0 spiro atoms. The molecule has 0 aromatic carbocycles. The molecule has 0 saturated heterocycles. The molecule has 110 valence electrons. The summed E-state index contributed by atoms with van der Waals surface area (Å²) in [5, 5.41) is 13.3. The van der Waals surface area contributed by atoms with Crippen molar-refractivity contribution in [2.75, 3.05) is 0 Å². The molecular formula is C14H10N4OS3. The van der Waals surface area contributed by atoms with Crippen LogP contribution in [0.4, 0.5) is 0 Å². The number of aromatic nitrogens is 4. The largest absolute Gasteiger partial charge is 0.419 e. The first-order valence-corrected chi connectivity index (χ1v) is 9.17. The Morgan fingerprint density at radius 2 is 2.09 bits per heavy atom. The molecule has 0 N–H and O–H groups in total. The summed E-state index contributed by atoms with van der Waals surface area (Å²) in [4.78, 5) is 9.62. The van der Waals surface area contributed by atoms with Gasteiger partial charge in [0.2, 0.25) is 5.89 Å². The zero-order valence-corrected chi connectivity index (χ0v) is 13.9. The van der Waals surface area contributed by atoms with E-state index in [1.54, 1.807) is 40.8 Å². The molecule has 0 aliphatic heterocycles. The van der Waals surface area contributed by atoms with Crippen molar-refractivity contribution in [2.24, 2.45) is 0 Å². The first kappa shape index (κ1) is 13.9. The second kappa shape index (κ2) is 5.79. The molecule has 4 heterocycles. The van der Waals surface area contributed by atoms with Crippen LogP contribution in [0.1, 0.15) is 18.1 Å². The maximum absolute atomic E-state index is 5.78. The molecule has 0 saturated carbocycles. The Kier molecular flexibility index (Phi) is 3.65. The number of hydrogen-bond donors (Lipinski definition) is 0. The summed E-state index contributed by atoms with van der Waals surface area (Å²) in [7, 11) is 0. The summed E-state index contributed by atoms with van der Waals surface area (Å²) in [5.41, 5.74) is 0.972. The van der Waals surface area contributed by atoms with Crippen molar-refractivity contribution in [3.05, 3.63) is 41.2 Å². The minimum atomic E-state index is 0.0291. The highest BCUT2D eigenvalue weighted by Gasteiger charge is 2.18. The van der Waals surface area contributed by atoms with E-state index in [1.807, 2.05) is 35.9 Å². The van der Waals surface area contributed by atoms with Gasteiger partial charge in [-0.1, -0.05) is 17.8 Å². The van der Waals surface area contributed by atoms with Crippen molar-refractivity contribution in [1.82, 2.24) is 20.2 Å². The Morgan fingerprint density at radius 1 is 1.14 bits per heavy atom. The SMILES string of the molecule is C[C@@H](Sc1ncnc2ccsc12)c1nnc(-c2cccs2)o1. The van der Waals surface area contributed by atoms with Crippen LogP contribution in [0.15, 0.2) is 44.7 Å². The van der Waals surface area contributed by atoms with E-state index >= 15 is 0 Å². The van der Waals surface area contributed by atoms with Crippen LogP contribution in [0.2, 0.25) is 0 Å². The third kappa shape index (κ3) is 2.53. The molecule has 4 aromatic heterocycles. The molecule has 5 nitrogen and oxygen atoms in total. The maximum atomic E-state index is 5.78. The fourth-order valence-corrected chi connectivity index (χ4v) is 4.48. The molecule has 0 unspecified atom stereocenters. The average molecular weight is 346 g/mol. The molecule has 4 aromatic rings. The number of thioether (sulfide) groups is 1. The summed E-state index contributed by atoms with van der Waals surface area (Å²) in [5.74, 6) is 1.18. The molecule has 0 aliphatic rings. The Balaban J connectivity index is 1.60. The summed E-state index contributed by atoms with van der Waals surface area (Å²) in [6.07, 6.45) is 1.59. The molecule has 0 amide bonds. The number of nitrogens with zero attached hydrogens (tertiary/aromatic N) is 4. The van der Waals surface area contributed by atoms with E-state index in [1.165, 1.54) is 0 Å². The van der Waals surface area contributed by atoms with Crippen molar-refractivity contribution >= 4 is 44.7 Å². The Labute approximate surface area is 138 Å². The third-order valence-electron chi connectivity index (χ3n) is 3.02. The first-order chi connectivity index (χ1) is 10.8. The quantitative estimate of drug-likeness (QED) is 0.396. The van der Waals surface area contributed by atoms with E-state index in [2.05, 4.69) is 20.2 Å². The van der Waals surface area contributed by atoms with Gasteiger partial charge >= 0.3 is 0 Å². The van der Waals surface area contributed by atoms with Crippen LogP contribution in [-0.2, 0) is 0 Å². The zero-order chi connectivity index (χ0) is 14.9. The van der Waals surface area contributed by atoms with E-state index in [0.717, 1.165) is 20.1 Å². The molecule has 0 fully saturated rings. The Hall–Kier alpha value is -1.77. The van der Waals surface area contributed by atoms with Gasteiger partial charge in [-0.15, -0.1) is 32.9 Å². The summed E-state index contributed by atoms with van der Waals surface area (Å²) >= 11 is 4.84. The molecule has 22 heavy (non-hydrogen) atoms. The number of rotatable bonds is 4. The normalized spacial score (nSPS) is 12.8. The van der Waals surface area contributed by atoms with E-state index < -0.39 is 0 Å². The van der Waals surface area contributed by atoms with E-state index in [0.29, 0.717) is 11.8 Å². The van der Waals surface area contributed by atoms with Gasteiger partial charge in [0, 0.05) is 0 Å². The summed E-state index contributed by atoms with van der Waals surface area (Å²) in [6, 6.07) is 5.94. The monoisotopic (exact) mass is 346 g/mol. The number of thiophene rings is 2. The fraction of sp³-hybridized carbons (Fsp3) is 0.143. The lowest BCUT2D eigenvalue weighted by Gasteiger charge is -2.06. The van der Waals surface area contributed by atoms with Crippen LogP contribution in [0.5, 0.6) is 0 Å². The highest BCUT2D eigenvalue weighted by Crippen LogP contribution is 2.38. The van der Waals surface area contributed by atoms with E-state index in [9.17, 15) is 0 Å². The van der Waals surface area contributed by atoms with Crippen LogP contribution in [0, 0.1) is 0 Å². The first-order valence-electron chi connectivity index (χ1n) is 6.53. The molecule has 4 rings (SSSR count). The van der Waals surface area contributed by atoms with Gasteiger partial charge in [0.05, 0.1) is 20.3 Å². The minimum absolute atomic E-state index is 0.0291. The maximum Gasteiger partial charge on any atom is 0.257 e. The summed E-state index contributed by atoms with van der Waals surface area (Å²) in [6.45, 7) is 2.04. The third-order valence-corrected chi connectivity index (χ3v) is 6.00. The highest BCUT2D eigenvalue weighted by atomic mass is 32.2. The van der Waals surface area contributed by atoms with E-state index in [-0.39, 0.29) is 5.25 Å². The Morgan fingerprint density at radius 3 is 2.95 bits per heavy atom. The van der Waals surface area contributed by atoms with Crippen molar-refractivity contribution in [3.8, 4) is 10.8 Å². The molecule has 0 radical (unpaired) electrons. The molecule has 8 heteroatoms. The van der Waals surface area contributed by atoms with Crippen LogP contribution in [0.25, 0.3) is 21.0 Å². The standard InChI is InChI=1S/C14H10N4OS3/c1-8(12-17-18-13(19-12)10-3-2-5-20-10)22-14-11-9(4-6-21-11)15-7-16-14/h2-8H,1H3/t8-/m1/s1. The molecule has 0 bridgehead atoms. The predicted molar refractivity (Wildman–Crippen MR) is 89.3 cm³/mol. The van der Waals surface area contributed by atoms with E-state index in [4.69, 9.17) is 4.42 Å². The predicted octanol–water partition coefficient (Wildman–Crippen LogP) is 4.66. The molecule has 0 aliphatic carbocycles. The van der Waals surface area contributed by atoms with Crippen molar-refractivity contribution in [1.29, 1.82) is 0 Å². The highest BCUT2D eigenvalue weighted by molar-refractivity contribution is 7.99. The van der Waals surface area contributed by atoms with Gasteiger partial charge in [-0.05, 0) is 29.8 Å². The van der Waals surface area contributed by atoms with Crippen molar-refractivity contribution in [2.45, 2.75) is 17.2 Å². The average Bonchev–Trinajstić information content (AvgIpc) is 3.27. The molecular weight excluding hydrogens is 336 g/mol. The lowest BCUT2D eigenvalue weighted by Crippen LogP contribution is -1.91. The summed E-state index contributed by atoms with van der Waals surface area (Å²) < 4.78 is 6.88. The van der Waals surface area contributed by atoms with Gasteiger partial charge in [-0.3, -0.25) is 0 Å². The van der Waals surface area contributed by atoms with Gasteiger partial charge in [0.15, 0.2) is 0 Å². The van der Waals surface area contributed by atoms with Gasteiger partial charge in [-0.25, -0.2) is 9.97 Å². The zero-order valence-electron chi connectivity index (χ0n) is 11.5.